The molecule has 2 amide bonds. The Bertz CT molecular complexity index is 1610. The van der Waals surface area contributed by atoms with E-state index >= 15 is 0 Å². The third-order valence-corrected chi connectivity index (χ3v) is 7.67. The minimum atomic E-state index is -3.89. The minimum absolute atomic E-state index is 0.0240. The summed E-state index contributed by atoms with van der Waals surface area (Å²) in [4.78, 5) is 51.4. The fourth-order valence-electron chi connectivity index (χ4n) is 5.48. The van der Waals surface area contributed by atoms with Crippen LogP contribution >= 0.6 is 0 Å². The molecule has 0 heterocycles. The highest BCUT2D eigenvalue weighted by atomic mass is 32.2. The van der Waals surface area contributed by atoms with Crippen LogP contribution in [0.1, 0.15) is 29.5 Å². The molecule has 1 saturated carbocycles. The van der Waals surface area contributed by atoms with Crippen LogP contribution in [-0.4, -0.2) is 78.2 Å². The lowest BCUT2D eigenvalue weighted by Gasteiger charge is -2.46. The summed E-state index contributed by atoms with van der Waals surface area (Å²) in [5, 5.41) is 44.3. The van der Waals surface area contributed by atoms with E-state index in [1.807, 2.05) is 5.92 Å². The van der Waals surface area contributed by atoms with Gasteiger partial charge >= 0.3 is 5.91 Å². The fraction of sp³-hybridized carbons (Fsp3) is 0.360. The van der Waals surface area contributed by atoms with Crippen molar-refractivity contribution in [1.82, 2.24) is 4.72 Å². The smallest absolute Gasteiger partial charge is 0.309 e. The Kier molecular flexibility index (Phi) is 6.49. The van der Waals surface area contributed by atoms with E-state index < -0.39 is 80.1 Å². The van der Waals surface area contributed by atoms with Crippen LogP contribution in [0.2, 0.25) is 0 Å². The van der Waals surface area contributed by atoms with Crippen LogP contribution in [0.4, 0.5) is 5.69 Å². The number of phenols is 1. The number of aromatic hydroxyl groups is 1. The van der Waals surface area contributed by atoms with Crippen molar-refractivity contribution in [2.75, 3.05) is 25.3 Å². The number of rotatable bonds is 3. The third-order valence-electron chi connectivity index (χ3n) is 7.11. The number of amides is 2. The molecular formula is C25H25N3O10S. The molecule has 3 unspecified atom stereocenters. The predicted molar refractivity (Wildman–Crippen MR) is 136 cm³/mol. The molecule has 0 radical (unpaired) electrons. The maximum Gasteiger partial charge on any atom is 0.309 e. The number of Topliss-reactive ketones (excluding diaryl/α,β-unsaturated/α-hetero) is 2. The topological polar surface area (TPSA) is 225 Å². The van der Waals surface area contributed by atoms with Gasteiger partial charge in [0.25, 0.3) is 5.91 Å². The number of phenolic OH excluding ortho intramolecular Hbond substituents is 1. The highest BCUT2D eigenvalue weighted by Gasteiger charge is 2.60. The molecule has 206 valence electrons. The van der Waals surface area contributed by atoms with Gasteiger partial charge in [0.05, 0.1) is 17.4 Å². The van der Waals surface area contributed by atoms with Crippen molar-refractivity contribution in [2.24, 2.45) is 17.6 Å². The first-order valence-corrected chi connectivity index (χ1v) is 13.4. The number of hydrogen-bond donors (Lipinski definition) is 6. The second-order valence-corrected chi connectivity index (χ2v) is 11.6. The Balaban J connectivity index is 1.91. The van der Waals surface area contributed by atoms with Gasteiger partial charge in [-0.3, -0.25) is 19.2 Å². The van der Waals surface area contributed by atoms with Gasteiger partial charge in [0.15, 0.2) is 11.4 Å². The molecule has 4 rings (SSSR count). The number of hydrogen-bond acceptors (Lipinski definition) is 11. The molecule has 3 aliphatic carbocycles. The molecule has 7 N–H and O–H groups in total. The first-order valence-electron chi connectivity index (χ1n) is 11.6. The molecule has 13 nitrogen and oxygen atoms in total. The Morgan fingerprint density at radius 1 is 1.18 bits per heavy atom. The van der Waals surface area contributed by atoms with E-state index in [2.05, 4.69) is 5.92 Å². The van der Waals surface area contributed by atoms with Gasteiger partial charge in [-0.1, -0.05) is 5.92 Å². The lowest BCUT2D eigenvalue weighted by Crippen LogP contribution is -2.58. The predicted octanol–water partition coefficient (Wildman–Crippen LogP) is -1.08. The van der Waals surface area contributed by atoms with Crippen LogP contribution in [0.25, 0.3) is 5.76 Å². The fourth-order valence-corrected chi connectivity index (χ4v) is 5.87. The number of nitrogens with one attached hydrogen (secondary N) is 1. The van der Waals surface area contributed by atoms with Gasteiger partial charge in [0, 0.05) is 43.6 Å². The van der Waals surface area contributed by atoms with E-state index in [1.165, 1.54) is 6.07 Å². The van der Waals surface area contributed by atoms with Crippen LogP contribution in [0.5, 0.6) is 5.75 Å². The second-order valence-electron chi connectivity index (χ2n) is 9.90. The summed E-state index contributed by atoms with van der Waals surface area (Å²) in [6.45, 7) is 0. The Hall–Kier alpha value is -4.35. The lowest BCUT2D eigenvalue weighted by atomic mass is 9.59. The SMILES string of the molecule is CN(C)c1cc(C#CC(=O)NS(C)(=O)=O)c(O)c2c1CC1CC3CC(=O)C(C(N)=O)=C(O)C3(O)C(=O)C1=C2O. The van der Waals surface area contributed by atoms with E-state index in [0.717, 1.165) is 6.26 Å². The number of nitrogens with zero attached hydrogens (tertiary/aromatic N) is 1. The van der Waals surface area contributed by atoms with Crippen LogP contribution in [-0.2, 0) is 35.6 Å². The number of nitrogens with two attached hydrogens (primary N) is 1. The van der Waals surface area contributed by atoms with Crippen LogP contribution < -0.4 is 15.4 Å². The average Bonchev–Trinajstić information content (AvgIpc) is 2.79. The minimum Gasteiger partial charge on any atom is -0.508 e. The number of carbonyl (C=O) groups excluding carboxylic acids is 4. The molecule has 3 aliphatic rings. The number of sulfonamides is 1. The lowest BCUT2D eigenvalue weighted by molar-refractivity contribution is -0.147. The maximum atomic E-state index is 13.6. The van der Waals surface area contributed by atoms with Crippen LogP contribution in [0.15, 0.2) is 23.0 Å². The zero-order valence-electron chi connectivity index (χ0n) is 21.0. The zero-order valence-corrected chi connectivity index (χ0v) is 21.8. The van der Waals surface area contributed by atoms with Gasteiger partial charge in [0.2, 0.25) is 15.8 Å². The van der Waals surface area contributed by atoms with Gasteiger partial charge in [-0.15, -0.1) is 0 Å². The quantitative estimate of drug-likeness (QED) is 0.193. The summed E-state index contributed by atoms with van der Waals surface area (Å²) in [7, 11) is -0.567. The zero-order chi connectivity index (χ0) is 29.2. The molecule has 0 saturated heterocycles. The summed E-state index contributed by atoms with van der Waals surface area (Å²) in [6, 6.07) is 1.42. The number of aliphatic hydroxyl groups excluding tert-OH is 2. The van der Waals surface area contributed by atoms with Gasteiger partial charge in [0.1, 0.15) is 22.8 Å². The maximum absolute atomic E-state index is 13.6. The van der Waals surface area contributed by atoms with Crippen LogP contribution in [0.3, 0.4) is 0 Å². The Morgan fingerprint density at radius 2 is 1.82 bits per heavy atom. The number of carbonyl (C=O) groups is 4. The molecule has 39 heavy (non-hydrogen) atoms. The van der Waals surface area contributed by atoms with E-state index in [4.69, 9.17) is 5.73 Å². The third kappa shape index (κ3) is 4.39. The summed E-state index contributed by atoms with van der Waals surface area (Å²) >= 11 is 0. The number of anilines is 1. The summed E-state index contributed by atoms with van der Waals surface area (Å²) in [5.74, 6) is -4.37. The van der Waals surface area contributed by atoms with Crippen molar-refractivity contribution < 1.29 is 48.0 Å². The second kappa shape index (κ2) is 9.14. The monoisotopic (exact) mass is 559 g/mol. The van der Waals surface area contributed by atoms with Crippen molar-refractivity contribution in [3.8, 4) is 17.6 Å². The highest BCUT2D eigenvalue weighted by molar-refractivity contribution is 7.89. The molecule has 1 aromatic carbocycles. The average molecular weight is 560 g/mol. The molecule has 1 fully saturated rings. The first kappa shape index (κ1) is 27.7. The molecule has 3 atom stereocenters. The van der Waals surface area contributed by atoms with Gasteiger partial charge < -0.3 is 31.1 Å². The molecule has 0 aliphatic heterocycles. The molecule has 0 aromatic heterocycles. The standard InChI is InChI=1S/C25H25N3O10S/c1-28(2)14-8-10(4-5-16(30)27-39(3,37)38)20(31)18-13(14)7-11-6-12-9-15(29)19(24(26)35)23(34)25(12,36)22(33)17(11)21(18)32/h8,11-12,31-32,34,36H,6-7,9H2,1-3H3,(H2,26,35)(H,27,30). The van der Waals surface area contributed by atoms with Crippen molar-refractivity contribution >= 4 is 44.9 Å². The van der Waals surface area contributed by atoms with Crippen molar-refractivity contribution in [2.45, 2.75) is 24.9 Å². The Labute approximate surface area is 222 Å². The molecule has 1 aromatic rings. The van der Waals surface area contributed by atoms with Crippen molar-refractivity contribution in [1.29, 1.82) is 0 Å². The number of benzene rings is 1. The first-order chi connectivity index (χ1) is 18.0. The summed E-state index contributed by atoms with van der Waals surface area (Å²) in [5.41, 5.74) is 1.75. The summed E-state index contributed by atoms with van der Waals surface area (Å²) in [6.07, 6.45) is 0.383. The molecular weight excluding hydrogens is 534 g/mol. The number of primary amides is 1. The van der Waals surface area contributed by atoms with E-state index in [1.54, 1.807) is 23.7 Å². The van der Waals surface area contributed by atoms with E-state index in [9.17, 15) is 48.0 Å². The normalized spacial score (nSPS) is 24.2. The van der Waals surface area contributed by atoms with Crippen LogP contribution in [0, 0.1) is 23.7 Å². The number of ketones is 2. The summed E-state index contributed by atoms with van der Waals surface area (Å²) < 4.78 is 24.2. The largest absolute Gasteiger partial charge is 0.508 e. The molecule has 14 heteroatoms. The van der Waals surface area contributed by atoms with Gasteiger partial charge in [-0.2, -0.15) is 0 Å². The Morgan fingerprint density at radius 3 is 2.38 bits per heavy atom. The highest BCUT2D eigenvalue weighted by Crippen LogP contribution is 2.53. The van der Waals surface area contributed by atoms with E-state index in [-0.39, 0.29) is 29.5 Å². The van der Waals surface area contributed by atoms with E-state index in [0.29, 0.717) is 11.3 Å². The molecule has 0 bridgehead atoms. The number of aliphatic hydroxyl groups is 3. The molecule has 0 spiro atoms. The van der Waals surface area contributed by atoms with Gasteiger partial charge in [-0.05, 0) is 30.4 Å². The van der Waals surface area contributed by atoms with Crippen molar-refractivity contribution in [3.63, 3.8) is 0 Å². The number of fused-ring (bicyclic) bond motifs is 3. The van der Waals surface area contributed by atoms with Crippen molar-refractivity contribution in [3.05, 3.63) is 39.7 Å². The van der Waals surface area contributed by atoms with Gasteiger partial charge in [-0.25, -0.2) is 13.1 Å².